The van der Waals surface area contributed by atoms with Crippen LogP contribution in [0.2, 0.25) is 0 Å². The van der Waals surface area contributed by atoms with Crippen LogP contribution < -0.4 is 5.32 Å². The highest BCUT2D eigenvalue weighted by Crippen LogP contribution is 2.32. The van der Waals surface area contributed by atoms with Crippen LogP contribution >= 0.6 is 0 Å². The smallest absolute Gasteiger partial charge is 0.126 e. The molecule has 0 aliphatic carbocycles. The largest absolute Gasteiger partial charge is 0.366 e. The van der Waals surface area contributed by atoms with Crippen LogP contribution in [0.4, 0.5) is 5.82 Å². The van der Waals surface area contributed by atoms with Gasteiger partial charge in [0.2, 0.25) is 0 Å². The minimum absolute atomic E-state index is 0.461. The van der Waals surface area contributed by atoms with Crippen LogP contribution in [0.1, 0.15) is 44.0 Å². The Balaban J connectivity index is 1.70. The zero-order valence-electron chi connectivity index (χ0n) is 13.4. The van der Waals surface area contributed by atoms with Gasteiger partial charge in [-0.1, -0.05) is 6.07 Å². The molecule has 1 aliphatic rings. The van der Waals surface area contributed by atoms with Gasteiger partial charge in [-0.3, -0.25) is 9.88 Å². The molecule has 22 heavy (non-hydrogen) atoms. The Morgan fingerprint density at radius 1 is 1.23 bits per heavy atom. The lowest BCUT2D eigenvalue weighted by atomic mass is 10.1. The summed E-state index contributed by atoms with van der Waals surface area (Å²) in [6.07, 6.45) is 6.11. The second kappa shape index (κ2) is 6.88. The van der Waals surface area contributed by atoms with Crippen LogP contribution in [0.25, 0.3) is 0 Å². The number of hydrogen-bond donors (Lipinski definition) is 1. The van der Waals surface area contributed by atoms with Crippen molar-refractivity contribution in [3.8, 4) is 0 Å². The fraction of sp³-hybridized carbons (Fsp3) is 0.444. The van der Waals surface area contributed by atoms with E-state index in [-0.39, 0.29) is 0 Å². The first kappa shape index (κ1) is 15.0. The highest BCUT2D eigenvalue weighted by molar-refractivity contribution is 5.37. The summed E-state index contributed by atoms with van der Waals surface area (Å²) in [6, 6.07) is 11.4. The molecule has 1 saturated heterocycles. The molecular weight excluding hydrogens is 272 g/mol. The fourth-order valence-electron chi connectivity index (χ4n) is 3.15. The summed E-state index contributed by atoms with van der Waals surface area (Å²) >= 11 is 0. The molecule has 0 spiro atoms. The third kappa shape index (κ3) is 3.45. The lowest BCUT2D eigenvalue weighted by Crippen LogP contribution is -2.30. The molecule has 1 N–H and O–H groups in total. The summed E-state index contributed by atoms with van der Waals surface area (Å²) in [5.74, 6) is 0.949. The first-order valence-electron chi connectivity index (χ1n) is 8.09. The molecular formula is C18H24N4. The molecule has 1 aliphatic heterocycles. The van der Waals surface area contributed by atoms with E-state index in [0.717, 1.165) is 12.4 Å². The van der Waals surface area contributed by atoms with Crippen molar-refractivity contribution >= 4 is 5.82 Å². The van der Waals surface area contributed by atoms with Gasteiger partial charge in [0.1, 0.15) is 5.82 Å². The molecule has 2 aromatic rings. The van der Waals surface area contributed by atoms with Gasteiger partial charge in [-0.2, -0.15) is 0 Å². The van der Waals surface area contributed by atoms with Crippen LogP contribution in [0, 0.1) is 0 Å². The Kier molecular flexibility index (Phi) is 4.68. The predicted octanol–water partition coefficient (Wildman–Crippen LogP) is 3.63. The molecule has 3 heterocycles. The van der Waals surface area contributed by atoms with Crippen LogP contribution in [-0.2, 0) is 6.54 Å². The number of anilines is 1. The summed E-state index contributed by atoms with van der Waals surface area (Å²) in [6.45, 7) is 6.49. The first-order chi connectivity index (χ1) is 10.7. The minimum atomic E-state index is 0.461. The van der Waals surface area contributed by atoms with Crippen molar-refractivity contribution in [1.82, 2.24) is 14.9 Å². The monoisotopic (exact) mass is 296 g/mol. The normalized spacial score (nSPS) is 18.8. The Morgan fingerprint density at radius 2 is 2.05 bits per heavy atom. The summed E-state index contributed by atoms with van der Waals surface area (Å²) < 4.78 is 0. The Bertz CT molecular complexity index is 597. The van der Waals surface area contributed by atoms with E-state index in [1.807, 2.05) is 30.6 Å². The molecule has 4 heteroatoms. The topological polar surface area (TPSA) is 41.0 Å². The van der Waals surface area contributed by atoms with Crippen molar-refractivity contribution in [1.29, 1.82) is 0 Å². The number of pyridine rings is 2. The van der Waals surface area contributed by atoms with Gasteiger partial charge in [-0.15, -0.1) is 0 Å². The predicted molar refractivity (Wildman–Crippen MR) is 89.6 cm³/mol. The van der Waals surface area contributed by atoms with E-state index >= 15 is 0 Å². The highest BCUT2D eigenvalue weighted by atomic mass is 15.2. The maximum absolute atomic E-state index is 4.83. The van der Waals surface area contributed by atoms with Gasteiger partial charge >= 0.3 is 0 Å². The van der Waals surface area contributed by atoms with Crippen molar-refractivity contribution in [2.75, 3.05) is 11.9 Å². The zero-order chi connectivity index (χ0) is 15.4. The molecule has 1 fully saturated rings. The summed E-state index contributed by atoms with van der Waals surface area (Å²) in [5, 5.41) is 3.41. The molecule has 0 unspecified atom stereocenters. The summed E-state index contributed by atoms with van der Waals surface area (Å²) in [4.78, 5) is 11.4. The second-order valence-electron chi connectivity index (χ2n) is 6.15. The van der Waals surface area contributed by atoms with Crippen molar-refractivity contribution in [3.63, 3.8) is 0 Å². The molecule has 1 atom stereocenters. The third-order valence-electron chi connectivity index (χ3n) is 4.29. The van der Waals surface area contributed by atoms with Crippen LogP contribution in [0.3, 0.4) is 0 Å². The minimum Gasteiger partial charge on any atom is -0.366 e. The molecule has 116 valence electrons. The first-order valence-corrected chi connectivity index (χ1v) is 8.09. The lowest BCUT2D eigenvalue weighted by molar-refractivity contribution is 0.202. The third-order valence-corrected chi connectivity index (χ3v) is 4.29. The van der Waals surface area contributed by atoms with E-state index in [1.54, 1.807) is 0 Å². The Hall–Kier alpha value is -1.94. The van der Waals surface area contributed by atoms with Gasteiger partial charge in [0, 0.05) is 25.0 Å². The van der Waals surface area contributed by atoms with E-state index < -0.39 is 0 Å². The molecule has 0 radical (unpaired) electrons. The number of hydrogen-bond acceptors (Lipinski definition) is 4. The zero-order valence-corrected chi connectivity index (χ0v) is 13.4. The van der Waals surface area contributed by atoms with E-state index in [2.05, 4.69) is 41.2 Å². The average molecular weight is 296 g/mol. The van der Waals surface area contributed by atoms with Crippen molar-refractivity contribution < 1.29 is 0 Å². The lowest BCUT2D eigenvalue weighted by Gasteiger charge is -2.28. The summed E-state index contributed by atoms with van der Waals surface area (Å²) in [7, 11) is 0. The van der Waals surface area contributed by atoms with Crippen molar-refractivity contribution in [2.24, 2.45) is 0 Å². The van der Waals surface area contributed by atoms with E-state index in [9.17, 15) is 0 Å². The quantitative estimate of drug-likeness (QED) is 0.914. The second-order valence-corrected chi connectivity index (χ2v) is 6.15. The molecule has 3 rings (SSSR count). The SMILES string of the molecule is CC(C)N1CCC[C@H]1c1cccc(NCc2ccncc2)n1. The van der Waals surface area contributed by atoms with Gasteiger partial charge < -0.3 is 5.32 Å². The molecule has 0 amide bonds. The van der Waals surface area contributed by atoms with Gasteiger partial charge in [0.25, 0.3) is 0 Å². The molecule has 2 aromatic heterocycles. The fourth-order valence-corrected chi connectivity index (χ4v) is 3.15. The Morgan fingerprint density at radius 3 is 2.82 bits per heavy atom. The van der Waals surface area contributed by atoms with Gasteiger partial charge in [-0.05, 0) is 63.1 Å². The van der Waals surface area contributed by atoms with Gasteiger partial charge in [0.15, 0.2) is 0 Å². The maximum atomic E-state index is 4.83. The molecule has 0 saturated carbocycles. The van der Waals surface area contributed by atoms with Gasteiger partial charge in [-0.25, -0.2) is 4.98 Å². The van der Waals surface area contributed by atoms with E-state index in [0.29, 0.717) is 12.1 Å². The highest BCUT2D eigenvalue weighted by Gasteiger charge is 2.28. The van der Waals surface area contributed by atoms with Crippen LogP contribution in [-0.4, -0.2) is 27.5 Å². The number of nitrogens with zero attached hydrogens (tertiary/aromatic N) is 3. The van der Waals surface area contributed by atoms with E-state index in [1.165, 1.54) is 30.6 Å². The summed E-state index contributed by atoms with van der Waals surface area (Å²) in [5.41, 5.74) is 2.40. The van der Waals surface area contributed by atoms with Crippen LogP contribution in [0.5, 0.6) is 0 Å². The Labute approximate surface area is 132 Å². The number of rotatable bonds is 5. The molecule has 0 aromatic carbocycles. The average Bonchev–Trinajstić information content (AvgIpc) is 3.04. The number of likely N-dealkylation sites (tertiary alicyclic amines) is 1. The van der Waals surface area contributed by atoms with E-state index in [4.69, 9.17) is 4.98 Å². The standard InChI is InChI=1S/C18H24N4/c1-14(2)22-12-4-6-17(22)16-5-3-7-18(21-16)20-13-15-8-10-19-11-9-15/h3,5,7-11,14,17H,4,6,12-13H2,1-2H3,(H,20,21)/t17-/m0/s1. The number of aromatic nitrogens is 2. The molecule has 0 bridgehead atoms. The molecule has 4 nitrogen and oxygen atoms in total. The van der Waals surface area contributed by atoms with Crippen molar-refractivity contribution in [2.45, 2.75) is 45.3 Å². The maximum Gasteiger partial charge on any atom is 0.126 e. The van der Waals surface area contributed by atoms with Gasteiger partial charge in [0.05, 0.1) is 11.7 Å². The van der Waals surface area contributed by atoms with Crippen LogP contribution in [0.15, 0.2) is 42.7 Å². The van der Waals surface area contributed by atoms with Crippen molar-refractivity contribution in [3.05, 3.63) is 54.0 Å². The number of nitrogens with one attached hydrogen (secondary N) is 1.